The van der Waals surface area contributed by atoms with Crippen LogP contribution in [0.5, 0.6) is 0 Å². The van der Waals surface area contributed by atoms with E-state index in [0.29, 0.717) is 13.0 Å². The van der Waals surface area contributed by atoms with Crippen molar-refractivity contribution in [2.75, 3.05) is 6.54 Å². The van der Waals surface area contributed by atoms with Crippen LogP contribution in [0.2, 0.25) is 0 Å². The van der Waals surface area contributed by atoms with Gasteiger partial charge in [-0.2, -0.15) is 5.10 Å². The highest BCUT2D eigenvalue weighted by molar-refractivity contribution is 5.83. The number of aromatic amines is 1. The minimum absolute atomic E-state index is 0.119. The second-order valence-corrected chi connectivity index (χ2v) is 6.93. The lowest BCUT2D eigenvalue weighted by molar-refractivity contribution is -0.121. The van der Waals surface area contributed by atoms with E-state index in [-0.39, 0.29) is 5.91 Å². The fourth-order valence-corrected chi connectivity index (χ4v) is 3.45. The number of para-hydroxylation sites is 1. The molecule has 0 bridgehead atoms. The van der Waals surface area contributed by atoms with Gasteiger partial charge in [-0.15, -0.1) is 0 Å². The normalized spacial score (nSPS) is 11.0. The van der Waals surface area contributed by atoms with Crippen LogP contribution in [0.3, 0.4) is 0 Å². The van der Waals surface area contributed by atoms with Crippen molar-refractivity contribution in [2.45, 2.75) is 25.7 Å². The molecule has 0 aliphatic rings. The van der Waals surface area contributed by atoms with Crippen LogP contribution < -0.4 is 5.32 Å². The third-order valence-electron chi connectivity index (χ3n) is 4.97. The van der Waals surface area contributed by atoms with Gasteiger partial charge in [0.1, 0.15) is 0 Å². The number of amides is 1. The van der Waals surface area contributed by atoms with Crippen LogP contribution in [0, 0.1) is 0 Å². The Morgan fingerprint density at radius 3 is 2.71 bits per heavy atom. The number of aryl methyl sites for hydroxylation is 1. The molecular formula is C23H24N4O. The first kappa shape index (κ1) is 18.0. The molecule has 0 radical (unpaired) electrons. The number of nitrogens with zero attached hydrogens (tertiary/aromatic N) is 2. The van der Waals surface area contributed by atoms with Crippen molar-refractivity contribution >= 4 is 16.8 Å². The molecule has 1 amide bonds. The number of H-pyrrole nitrogens is 1. The molecule has 0 fully saturated rings. The standard InChI is InChI=1S/C23H24N4O/c28-23(8-3-5-19-17-25-22-7-2-1-6-21(19)22)24-15-13-18-9-11-20(12-10-18)27-16-4-14-26-27/h1-2,4,6-7,9-12,14,16-17,25H,3,5,8,13,15H2,(H,24,28). The van der Waals surface area contributed by atoms with Gasteiger partial charge < -0.3 is 10.3 Å². The third kappa shape index (κ3) is 4.31. The van der Waals surface area contributed by atoms with E-state index >= 15 is 0 Å². The molecule has 5 heteroatoms. The van der Waals surface area contributed by atoms with Crippen LogP contribution in [0.1, 0.15) is 24.0 Å². The number of hydrogen-bond acceptors (Lipinski definition) is 2. The van der Waals surface area contributed by atoms with Crippen LogP contribution >= 0.6 is 0 Å². The first-order valence-electron chi connectivity index (χ1n) is 9.70. The lowest BCUT2D eigenvalue weighted by atomic mass is 10.1. The Morgan fingerprint density at radius 1 is 1.04 bits per heavy atom. The zero-order valence-electron chi connectivity index (χ0n) is 15.8. The molecule has 5 nitrogen and oxygen atoms in total. The Hall–Kier alpha value is -3.34. The summed E-state index contributed by atoms with van der Waals surface area (Å²) in [5.41, 5.74) is 4.67. The van der Waals surface area contributed by atoms with Crippen molar-refractivity contribution in [3.8, 4) is 5.69 Å². The van der Waals surface area contributed by atoms with Crippen molar-refractivity contribution in [3.63, 3.8) is 0 Å². The van der Waals surface area contributed by atoms with Gasteiger partial charge in [0.15, 0.2) is 0 Å². The molecule has 4 rings (SSSR count). The van der Waals surface area contributed by atoms with E-state index in [1.165, 1.54) is 16.5 Å². The van der Waals surface area contributed by atoms with Crippen molar-refractivity contribution < 1.29 is 4.79 Å². The maximum absolute atomic E-state index is 12.1. The van der Waals surface area contributed by atoms with Gasteiger partial charge in [-0.05, 0) is 54.7 Å². The molecule has 0 saturated heterocycles. The summed E-state index contributed by atoms with van der Waals surface area (Å²) in [6, 6.07) is 18.4. The zero-order chi connectivity index (χ0) is 19.2. The summed E-state index contributed by atoms with van der Waals surface area (Å²) in [5, 5.41) is 8.50. The molecule has 4 aromatic rings. The van der Waals surface area contributed by atoms with Crippen molar-refractivity contribution in [2.24, 2.45) is 0 Å². The minimum atomic E-state index is 0.119. The highest BCUT2D eigenvalue weighted by Gasteiger charge is 2.05. The van der Waals surface area contributed by atoms with Gasteiger partial charge >= 0.3 is 0 Å². The quantitative estimate of drug-likeness (QED) is 0.490. The van der Waals surface area contributed by atoms with Crippen LogP contribution in [-0.2, 0) is 17.6 Å². The van der Waals surface area contributed by atoms with Crippen LogP contribution in [0.25, 0.3) is 16.6 Å². The van der Waals surface area contributed by atoms with Crippen LogP contribution in [-0.4, -0.2) is 27.2 Å². The SMILES string of the molecule is O=C(CCCc1c[nH]c2ccccc12)NCCc1ccc(-n2cccn2)cc1. The molecule has 0 aliphatic heterocycles. The van der Waals surface area contributed by atoms with E-state index in [1.807, 2.05) is 41.2 Å². The Labute approximate surface area is 164 Å². The highest BCUT2D eigenvalue weighted by atomic mass is 16.1. The molecule has 2 aromatic heterocycles. The minimum Gasteiger partial charge on any atom is -0.361 e. The number of carbonyl (C=O) groups excluding carboxylic acids is 1. The van der Waals surface area contributed by atoms with E-state index < -0.39 is 0 Å². The third-order valence-corrected chi connectivity index (χ3v) is 4.97. The number of rotatable bonds is 8. The second kappa shape index (κ2) is 8.57. The van der Waals surface area contributed by atoms with E-state index in [2.05, 4.69) is 45.9 Å². The van der Waals surface area contributed by atoms with Gasteiger partial charge in [0.05, 0.1) is 5.69 Å². The summed E-state index contributed by atoms with van der Waals surface area (Å²) in [4.78, 5) is 15.4. The fraction of sp³-hybridized carbons (Fsp3) is 0.217. The number of aromatic nitrogens is 3. The van der Waals surface area contributed by atoms with E-state index in [4.69, 9.17) is 0 Å². The van der Waals surface area contributed by atoms with Crippen LogP contribution in [0.4, 0.5) is 0 Å². The van der Waals surface area contributed by atoms with Gasteiger partial charge in [-0.25, -0.2) is 4.68 Å². The van der Waals surface area contributed by atoms with Crippen molar-refractivity contribution in [1.29, 1.82) is 0 Å². The Balaban J connectivity index is 1.18. The first-order valence-corrected chi connectivity index (χ1v) is 9.70. The summed E-state index contributed by atoms with van der Waals surface area (Å²) in [6.07, 6.45) is 8.88. The summed E-state index contributed by atoms with van der Waals surface area (Å²) in [7, 11) is 0. The number of carbonyl (C=O) groups is 1. The number of nitrogens with one attached hydrogen (secondary N) is 2. The molecule has 0 saturated carbocycles. The average Bonchev–Trinajstić information content (AvgIpc) is 3.39. The molecule has 0 atom stereocenters. The smallest absolute Gasteiger partial charge is 0.220 e. The van der Waals surface area contributed by atoms with E-state index in [0.717, 1.165) is 30.5 Å². The van der Waals surface area contributed by atoms with E-state index in [9.17, 15) is 4.79 Å². The molecular weight excluding hydrogens is 348 g/mol. The summed E-state index contributed by atoms with van der Waals surface area (Å²) in [6.45, 7) is 0.660. The van der Waals surface area contributed by atoms with Crippen molar-refractivity contribution in [1.82, 2.24) is 20.1 Å². The summed E-state index contributed by atoms with van der Waals surface area (Å²) < 4.78 is 1.83. The summed E-state index contributed by atoms with van der Waals surface area (Å²) >= 11 is 0. The zero-order valence-corrected chi connectivity index (χ0v) is 15.8. The second-order valence-electron chi connectivity index (χ2n) is 6.93. The molecule has 2 aromatic carbocycles. The lowest BCUT2D eigenvalue weighted by Gasteiger charge is -2.07. The van der Waals surface area contributed by atoms with Gasteiger partial charge in [-0.1, -0.05) is 30.3 Å². The highest BCUT2D eigenvalue weighted by Crippen LogP contribution is 2.19. The number of fused-ring (bicyclic) bond motifs is 1. The Kier molecular flexibility index (Phi) is 5.52. The Bertz CT molecular complexity index is 1030. The molecule has 2 heterocycles. The number of benzene rings is 2. The van der Waals surface area contributed by atoms with Gasteiger partial charge in [0, 0.05) is 42.5 Å². The predicted molar refractivity (Wildman–Crippen MR) is 112 cm³/mol. The molecule has 0 spiro atoms. The molecule has 28 heavy (non-hydrogen) atoms. The van der Waals surface area contributed by atoms with Crippen molar-refractivity contribution in [3.05, 3.63) is 84.3 Å². The maximum Gasteiger partial charge on any atom is 0.220 e. The lowest BCUT2D eigenvalue weighted by Crippen LogP contribution is -2.25. The average molecular weight is 372 g/mol. The first-order chi connectivity index (χ1) is 13.8. The van der Waals surface area contributed by atoms with Gasteiger partial charge in [-0.3, -0.25) is 4.79 Å². The topological polar surface area (TPSA) is 62.7 Å². The maximum atomic E-state index is 12.1. The predicted octanol–water partition coefficient (Wildman–Crippen LogP) is 4.04. The Morgan fingerprint density at radius 2 is 1.89 bits per heavy atom. The number of hydrogen-bond donors (Lipinski definition) is 2. The van der Waals surface area contributed by atoms with Gasteiger partial charge in [0.2, 0.25) is 5.91 Å². The summed E-state index contributed by atoms with van der Waals surface area (Å²) in [5.74, 6) is 0.119. The van der Waals surface area contributed by atoms with Gasteiger partial charge in [0.25, 0.3) is 0 Å². The molecule has 0 aliphatic carbocycles. The van der Waals surface area contributed by atoms with Crippen LogP contribution in [0.15, 0.2) is 73.2 Å². The monoisotopic (exact) mass is 372 g/mol. The van der Waals surface area contributed by atoms with E-state index in [1.54, 1.807) is 6.20 Å². The molecule has 2 N–H and O–H groups in total. The molecule has 0 unspecified atom stereocenters. The largest absolute Gasteiger partial charge is 0.361 e. The fourth-order valence-electron chi connectivity index (χ4n) is 3.45. The molecule has 142 valence electrons.